The lowest BCUT2D eigenvalue weighted by molar-refractivity contribution is -0.282. The predicted octanol–water partition coefficient (Wildman–Crippen LogP) is 1.17. The number of aliphatic hydroxyl groups is 4. The van der Waals surface area contributed by atoms with Crippen molar-refractivity contribution < 1.29 is 96.6 Å². The Balaban J connectivity index is 1.53. The van der Waals surface area contributed by atoms with E-state index in [1.807, 2.05) is 0 Å². The third-order valence-electron chi connectivity index (χ3n) is 11.8. The monoisotopic (exact) mass is 975 g/mol. The van der Waals surface area contributed by atoms with Crippen LogP contribution in [0.5, 0.6) is 0 Å². The van der Waals surface area contributed by atoms with Crippen LogP contribution < -0.4 is 0 Å². The van der Waals surface area contributed by atoms with Crippen molar-refractivity contribution in [3.63, 3.8) is 0 Å². The summed E-state index contributed by atoms with van der Waals surface area (Å²) in [5, 5.41) is 46.5. The van der Waals surface area contributed by atoms with E-state index in [1.54, 1.807) is 52.4 Å². The third-order valence-corrected chi connectivity index (χ3v) is 11.8. The second-order valence-corrected chi connectivity index (χ2v) is 20.4. The van der Waals surface area contributed by atoms with E-state index in [0.717, 1.165) is 0 Å². The van der Waals surface area contributed by atoms with Crippen LogP contribution in [0, 0.1) is 32.5 Å². The maximum Gasteiger partial charge on any atom is 0.319 e. The van der Waals surface area contributed by atoms with Crippen molar-refractivity contribution in [3.8, 4) is 0 Å². The minimum Gasteiger partial charge on any atom is -0.465 e. The van der Waals surface area contributed by atoms with Crippen LogP contribution in [-0.2, 0) is 89.3 Å². The van der Waals surface area contributed by atoms with Crippen molar-refractivity contribution in [3.05, 3.63) is 11.9 Å². The molecule has 0 atom stereocenters. The molecule has 2 fully saturated rings. The second-order valence-electron chi connectivity index (χ2n) is 20.4. The fraction of sp³-hybridized carbons (Fsp3) is 0.822. The number of unbranched alkanes of at least 4 members (excludes halogenated alkanes) is 3. The van der Waals surface area contributed by atoms with Crippen LogP contribution in [0.3, 0.4) is 0 Å². The first-order chi connectivity index (χ1) is 31.6. The van der Waals surface area contributed by atoms with Crippen LogP contribution in [-0.4, -0.2) is 169 Å². The first kappa shape index (κ1) is 58.0. The van der Waals surface area contributed by atoms with Crippen molar-refractivity contribution in [2.75, 3.05) is 85.9 Å². The van der Waals surface area contributed by atoms with Gasteiger partial charge in [0.15, 0.2) is 11.6 Å². The Hall–Kier alpha value is -4.36. The number of aryl methyl sites for hydroxylation is 1. The van der Waals surface area contributed by atoms with Crippen LogP contribution >= 0.6 is 0 Å². The molecule has 0 aromatic carbocycles. The Morgan fingerprint density at radius 1 is 0.544 bits per heavy atom. The van der Waals surface area contributed by atoms with E-state index in [0.29, 0.717) is 37.9 Å². The minimum atomic E-state index is -1.73. The molecule has 3 heterocycles. The number of nitrogens with zero attached hydrogens (tertiary/aromatic N) is 3. The highest BCUT2D eigenvalue weighted by molar-refractivity contribution is 5.82. The fourth-order valence-electron chi connectivity index (χ4n) is 5.90. The summed E-state index contributed by atoms with van der Waals surface area (Å²) in [6.45, 7) is 10.3. The van der Waals surface area contributed by atoms with Gasteiger partial charge in [0.05, 0.1) is 65.7 Å². The van der Waals surface area contributed by atoms with Gasteiger partial charge in [-0.2, -0.15) is 0 Å². The molecule has 1 aromatic heterocycles. The highest BCUT2D eigenvalue weighted by atomic mass is 16.7. The topological polar surface area (TPSA) is 306 Å². The quantitative estimate of drug-likeness (QED) is 0.0546. The normalized spacial score (nSPS) is 17.9. The molecule has 0 unspecified atom stereocenters. The first-order valence-electron chi connectivity index (χ1n) is 22.5. The zero-order valence-electron chi connectivity index (χ0n) is 41.2. The Labute approximate surface area is 396 Å². The molecule has 2 aliphatic heterocycles. The highest BCUT2D eigenvalue weighted by Crippen LogP contribution is 2.34. The van der Waals surface area contributed by atoms with Crippen LogP contribution in [0.15, 0.2) is 6.20 Å². The SMILES string of the molecule is CC1(C)OCC(C)(C(=O)OCC(C)(COC(=O)C2(C)COC(C)(C)OC2)C(=O)OCc2cn(CCCCCCOC(=O)C(C)(COC(=O)C(C)(CO)CO)COC(=O)C(C)(CO)CO)nn2)CO1. The van der Waals surface area contributed by atoms with E-state index in [1.165, 1.54) is 27.7 Å². The molecular formula is C45H73N3O20. The van der Waals surface area contributed by atoms with Gasteiger partial charge in [-0.25, -0.2) is 0 Å². The molecule has 0 bridgehead atoms. The van der Waals surface area contributed by atoms with Crippen LogP contribution in [0.1, 0.15) is 101 Å². The summed E-state index contributed by atoms with van der Waals surface area (Å²) < 4.78 is 57.1. The number of carbonyl (C=O) groups excluding carboxylic acids is 6. The van der Waals surface area contributed by atoms with E-state index >= 15 is 0 Å². The molecule has 4 N–H and O–H groups in total. The zero-order valence-corrected chi connectivity index (χ0v) is 41.2. The maximum atomic E-state index is 13.7. The average molecular weight is 976 g/mol. The van der Waals surface area contributed by atoms with Gasteiger partial charge in [-0.15, -0.1) is 5.10 Å². The van der Waals surface area contributed by atoms with Crippen LogP contribution in [0.25, 0.3) is 0 Å². The predicted molar refractivity (Wildman–Crippen MR) is 232 cm³/mol. The van der Waals surface area contributed by atoms with Gasteiger partial charge in [0.1, 0.15) is 71.2 Å². The zero-order chi connectivity index (χ0) is 51.2. The molecule has 0 amide bonds. The lowest BCUT2D eigenvalue weighted by Gasteiger charge is -2.40. The van der Waals surface area contributed by atoms with Crippen molar-refractivity contribution in [2.45, 2.75) is 120 Å². The summed E-state index contributed by atoms with van der Waals surface area (Å²) in [6.07, 6.45) is 3.96. The average Bonchev–Trinajstić information content (AvgIpc) is 3.78. The molecule has 2 aliphatic rings. The largest absolute Gasteiger partial charge is 0.465 e. The standard InChI is InChI=1S/C45H73N3O20/c1-38(2)65-27-44(9,28-66-38)36(57)63-25-43(8,26-64-37(58)45(10)29-67-39(3,4)68-30-45)35(56)60-18-31-17-48(47-46-31)15-13-11-12-14-16-59-34(55)42(7,23-61-32(53)40(5,19-49)20-50)24-62-33(54)41(6,21-51)22-52/h17,49-52H,11-16,18-30H2,1-10H3. The number of rotatable bonds is 27. The van der Waals surface area contributed by atoms with Crippen molar-refractivity contribution in [1.82, 2.24) is 15.0 Å². The molecule has 1 aromatic rings. The number of hydrogen-bond donors (Lipinski definition) is 4. The van der Waals surface area contributed by atoms with E-state index in [-0.39, 0.29) is 39.6 Å². The van der Waals surface area contributed by atoms with Gasteiger partial charge in [-0.05, 0) is 88.5 Å². The summed E-state index contributed by atoms with van der Waals surface area (Å²) in [5.41, 5.74) is -8.72. The van der Waals surface area contributed by atoms with Crippen molar-refractivity contribution in [1.29, 1.82) is 0 Å². The molecule has 68 heavy (non-hydrogen) atoms. The second kappa shape index (κ2) is 24.0. The Kier molecular flexibility index (Phi) is 20.4. The molecule has 3 rings (SSSR count). The minimum absolute atomic E-state index is 0.0127. The van der Waals surface area contributed by atoms with E-state index < -0.39 is 133 Å². The van der Waals surface area contributed by atoms with Crippen molar-refractivity contribution >= 4 is 35.8 Å². The van der Waals surface area contributed by atoms with Gasteiger partial charge in [-0.1, -0.05) is 11.6 Å². The summed E-state index contributed by atoms with van der Waals surface area (Å²) >= 11 is 0. The number of esters is 6. The lowest BCUT2D eigenvalue weighted by atomic mass is 9.89. The van der Waals surface area contributed by atoms with E-state index in [9.17, 15) is 49.2 Å². The Bertz CT molecular complexity index is 1770. The van der Waals surface area contributed by atoms with Crippen LogP contribution in [0.4, 0.5) is 0 Å². The van der Waals surface area contributed by atoms with Gasteiger partial charge < -0.3 is 67.8 Å². The highest BCUT2D eigenvalue weighted by Gasteiger charge is 2.49. The molecule has 2 saturated heterocycles. The first-order valence-corrected chi connectivity index (χ1v) is 22.5. The molecule has 0 spiro atoms. The van der Waals surface area contributed by atoms with E-state index in [4.69, 9.17) is 47.4 Å². The van der Waals surface area contributed by atoms with Crippen molar-refractivity contribution in [2.24, 2.45) is 32.5 Å². The van der Waals surface area contributed by atoms with Gasteiger partial charge >= 0.3 is 35.8 Å². The Morgan fingerprint density at radius 2 is 0.912 bits per heavy atom. The molecule has 0 radical (unpaired) electrons. The number of hydrogen-bond acceptors (Lipinski definition) is 22. The molecule has 388 valence electrons. The van der Waals surface area contributed by atoms with Crippen LogP contribution in [0.2, 0.25) is 0 Å². The molecular weight excluding hydrogens is 902 g/mol. The fourth-order valence-corrected chi connectivity index (χ4v) is 5.90. The van der Waals surface area contributed by atoms with Gasteiger partial charge in [-0.3, -0.25) is 33.4 Å². The maximum absolute atomic E-state index is 13.7. The van der Waals surface area contributed by atoms with Gasteiger partial charge in [0.25, 0.3) is 0 Å². The molecule has 23 nitrogen and oxygen atoms in total. The molecule has 23 heteroatoms. The summed E-state index contributed by atoms with van der Waals surface area (Å²) in [4.78, 5) is 78.8. The summed E-state index contributed by atoms with van der Waals surface area (Å²) in [7, 11) is 0. The third kappa shape index (κ3) is 15.8. The number of aliphatic hydroxyl groups excluding tert-OH is 4. The number of aromatic nitrogens is 3. The Morgan fingerprint density at radius 3 is 1.32 bits per heavy atom. The summed E-state index contributed by atoms with van der Waals surface area (Å²) in [6, 6.07) is 0. The van der Waals surface area contributed by atoms with Gasteiger partial charge in [0.2, 0.25) is 0 Å². The summed E-state index contributed by atoms with van der Waals surface area (Å²) in [5.74, 6) is -6.84. The van der Waals surface area contributed by atoms with Gasteiger partial charge in [0, 0.05) is 6.54 Å². The lowest BCUT2D eigenvalue weighted by Crippen LogP contribution is -2.51. The molecule has 0 saturated carbocycles. The number of ether oxygens (including phenoxy) is 10. The molecule has 0 aliphatic carbocycles. The smallest absolute Gasteiger partial charge is 0.319 e. The van der Waals surface area contributed by atoms with E-state index in [2.05, 4.69) is 10.3 Å². The number of carbonyl (C=O) groups is 6.